The molecule has 0 saturated heterocycles. The Balaban J connectivity index is 2.74. The smallest absolute Gasteiger partial charge is 0.337 e. The molecule has 0 heterocycles. The molecular formula is C11H15NO4. The predicted octanol–water partition coefficient (Wildman–Crippen LogP) is -0.163. The molecule has 3 N–H and O–H groups in total. The van der Waals surface area contributed by atoms with E-state index < -0.39 is 18.7 Å². The van der Waals surface area contributed by atoms with Crippen LogP contribution in [0.5, 0.6) is 5.75 Å². The summed E-state index contributed by atoms with van der Waals surface area (Å²) in [7, 11) is 1.73. The molecule has 16 heavy (non-hydrogen) atoms. The van der Waals surface area contributed by atoms with E-state index in [0.29, 0.717) is 17.9 Å². The highest BCUT2D eigenvalue weighted by atomic mass is 16.5. The highest BCUT2D eigenvalue weighted by Gasteiger charge is 2.08. The van der Waals surface area contributed by atoms with E-state index >= 15 is 0 Å². The number of esters is 1. The van der Waals surface area contributed by atoms with Crippen LogP contribution in [0.4, 0.5) is 0 Å². The van der Waals surface area contributed by atoms with Gasteiger partial charge >= 0.3 is 5.97 Å². The first-order valence-electron chi connectivity index (χ1n) is 4.91. The summed E-state index contributed by atoms with van der Waals surface area (Å²) in [6.07, 6.45) is -0.655. The highest BCUT2D eigenvalue weighted by Crippen LogP contribution is 2.18. The number of nitrogens with one attached hydrogen (secondary N) is 1. The molecule has 88 valence electrons. The lowest BCUT2D eigenvalue weighted by atomic mass is 10.1. The molecule has 1 aromatic carbocycles. The second-order valence-corrected chi connectivity index (χ2v) is 3.28. The van der Waals surface area contributed by atoms with Gasteiger partial charge in [0.05, 0.1) is 6.10 Å². The molecule has 0 amide bonds. The fraction of sp³-hybridized carbons (Fsp3) is 0.364. The Labute approximate surface area is 93.7 Å². The van der Waals surface area contributed by atoms with E-state index in [1.165, 1.54) is 0 Å². The Morgan fingerprint density at radius 2 is 2.31 bits per heavy atom. The first-order chi connectivity index (χ1) is 7.67. The van der Waals surface area contributed by atoms with Crippen LogP contribution in [-0.2, 0) is 4.79 Å². The van der Waals surface area contributed by atoms with Gasteiger partial charge in [-0.1, -0.05) is 12.1 Å². The minimum absolute atomic E-state index is 0.312. The Bertz CT molecular complexity index is 354. The monoisotopic (exact) mass is 225 g/mol. The molecule has 1 unspecified atom stereocenters. The topological polar surface area (TPSA) is 78.8 Å². The van der Waals surface area contributed by atoms with Gasteiger partial charge in [-0.25, -0.2) is 4.79 Å². The number of hydrogen-bond acceptors (Lipinski definition) is 5. The summed E-state index contributed by atoms with van der Waals surface area (Å²) < 4.78 is 4.81. The van der Waals surface area contributed by atoms with Crippen molar-refractivity contribution in [1.29, 1.82) is 0 Å². The summed E-state index contributed by atoms with van der Waals surface area (Å²) in [5.74, 6) is -0.410. The van der Waals surface area contributed by atoms with Crippen LogP contribution in [0.25, 0.3) is 0 Å². The standard InChI is InChI=1S/C11H15NO4/c1-12-6-10(14)8-3-2-4-9(5-8)16-11(15)7-13/h2-5,10,12-14H,6-7H2,1H3. The number of carbonyl (C=O) groups excluding carboxylic acids is 1. The van der Waals surface area contributed by atoms with Gasteiger partial charge in [0, 0.05) is 6.54 Å². The molecule has 1 aromatic rings. The van der Waals surface area contributed by atoms with Gasteiger partial charge in [-0.05, 0) is 24.7 Å². The molecule has 1 rings (SSSR count). The van der Waals surface area contributed by atoms with Gasteiger partial charge in [-0.3, -0.25) is 0 Å². The molecule has 0 aliphatic heterocycles. The van der Waals surface area contributed by atoms with Crippen molar-refractivity contribution in [2.24, 2.45) is 0 Å². The first-order valence-corrected chi connectivity index (χ1v) is 4.91. The molecule has 0 spiro atoms. The van der Waals surface area contributed by atoms with Gasteiger partial charge in [0.25, 0.3) is 0 Å². The molecule has 0 saturated carbocycles. The van der Waals surface area contributed by atoms with E-state index in [1.807, 2.05) is 0 Å². The lowest BCUT2D eigenvalue weighted by Crippen LogP contribution is -2.17. The largest absolute Gasteiger partial charge is 0.425 e. The number of carbonyl (C=O) groups is 1. The van der Waals surface area contributed by atoms with Crippen LogP contribution >= 0.6 is 0 Å². The first kappa shape index (κ1) is 12.6. The Kier molecular flexibility index (Phi) is 4.91. The van der Waals surface area contributed by atoms with Crippen molar-refractivity contribution in [2.75, 3.05) is 20.2 Å². The van der Waals surface area contributed by atoms with Crippen molar-refractivity contribution in [3.8, 4) is 5.75 Å². The summed E-state index contributed by atoms with van der Waals surface area (Å²) in [4.78, 5) is 10.8. The SMILES string of the molecule is CNCC(O)c1cccc(OC(=O)CO)c1. The van der Waals surface area contributed by atoms with Crippen molar-refractivity contribution >= 4 is 5.97 Å². The molecule has 0 radical (unpaired) electrons. The Hall–Kier alpha value is -1.43. The second kappa shape index (κ2) is 6.22. The van der Waals surface area contributed by atoms with Crippen molar-refractivity contribution in [1.82, 2.24) is 5.32 Å². The van der Waals surface area contributed by atoms with E-state index in [9.17, 15) is 9.90 Å². The quantitative estimate of drug-likeness (QED) is 0.479. The number of likely N-dealkylation sites (N-methyl/N-ethyl adjacent to an activating group) is 1. The van der Waals surface area contributed by atoms with Crippen molar-refractivity contribution in [3.63, 3.8) is 0 Å². The lowest BCUT2D eigenvalue weighted by molar-refractivity contribution is -0.137. The zero-order chi connectivity index (χ0) is 12.0. The van der Waals surface area contributed by atoms with Crippen LogP contribution in [0.15, 0.2) is 24.3 Å². The maximum atomic E-state index is 10.8. The molecule has 0 aromatic heterocycles. The minimum atomic E-state index is -0.722. The summed E-state index contributed by atoms with van der Waals surface area (Å²) >= 11 is 0. The van der Waals surface area contributed by atoms with Gasteiger partial charge < -0.3 is 20.3 Å². The van der Waals surface area contributed by atoms with Gasteiger partial charge in [-0.15, -0.1) is 0 Å². The van der Waals surface area contributed by atoms with Crippen molar-refractivity contribution < 1.29 is 19.7 Å². The van der Waals surface area contributed by atoms with Crippen molar-refractivity contribution in [3.05, 3.63) is 29.8 Å². The number of rotatable bonds is 5. The maximum Gasteiger partial charge on any atom is 0.337 e. The molecule has 0 aliphatic carbocycles. The molecule has 5 heteroatoms. The second-order valence-electron chi connectivity index (χ2n) is 3.28. The van der Waals surface area contributed by atoms with Gasteiger partial charge in [0.1, 0.15) is 12.4 Å². The minimum Gasteiger partial charge on any atom is -0.425 e. The van der Waals surface area contributed by atoms with E-state index in [1.54, 1.807) is 31.3 Å². The van der Waals surface area contributed by atoms with Gasteiger partial charge in [0.2, 0.25) is 0 Å². The summed E-state index contributed by atoms with van der Waals surface area (Å²) in [6.45, 7) is -0.249. The van der Waals surface area contributed by atoms with Gasteiger partial charge in [0.15, 0.2) is 0 Å². The van der Waals surface area contributed by atoms with E-state index in [0.717, 1.165) is 0 Å². The fourth-order valence-corrected chi connectivity index (χ4v) is 1.26. The molecule has 1 atom stereocenters. The Morgan fingerprint density at radius 1 is 1.56 bits per heavy atom. The van der Waals surface area contributed by atoms with E-state index in [-0.39, 0.29) is 0 Å². The molecule has 0 aliphatic rings. The third-order valence-corrected chi connectivity index (χ3v) is 2.00. The molecule has 0 fully saturated rings. The summed E-state index contributed by atoms with van der Waals surface area (Å²) in [6, 6.07) is 6.56. The highest BCUT2D eigenvalue weighted by molar-refractivity contribution is 5.73. The zero-order valence-corrected chi connectivity index (χ0v) is 9.01. The van der Waals surface area contributed by atoms with Crippen molar-refractivity contribution in [2.45, 2.75) is 6.10 Å². The number of aliphatic hydroxyl groups excluding tert-OH is 2. The normalized spacial score (nSPS) is 12.2. The fourth-order valence-electron chi connectivity index (χ4n) is 1.26. The predicted molar refractivity (Wildman–Crippen MR) is 58.0 cm³/mol. The number of ether oxygens (including phenoxy) is 1. The average molecular weight is 225 g/mol. The van der Waals surface area contributed by atoms with Crippen LogP contribution in [0, 0.1) is 0 Å². The Morgan fingerprint density at radius 3 is 2.94 bits per heavy atom. The maximum absolute atomic E-state index is 10.8. The van der Waals surface area contributed by atoms with Crippen LogP contribution < -0.4 is 10.1 Å². The third kappa shape index (κ3) is 3.62. The lowest BCUT2D eigenvalue weighted by Gasteiger charge is -2.11. The van der Waals surface area contributed by atoms with Crippen LogP contribution in [0.2, 0.25) is 0 Å². The number of hydrogen-bond donors (Lipinski definition) is 3. The van der Waals surface area contributed by atoms with Gasteiger partial charge in [-0.2, -0.15) is 0 Å². The summed E-state index contributed by atoms with van der Waals surface area (Å²) in [5, 5.41) is 21.0. The van der Waals surface area contributed by atoms with Crippen LogP contribution in [0.3, 0.4) is 0 Å². The van der Waals surface area contributed by atoms with Crippen LogP contribution in [-0.4, -0.2) is 36.4 Å². The molecule has 0 bridgehead atoms. The van der Waals surface area contributed by atoms with E-state index in [2.05, 4.69) is 5.32 Å². The van der Waals surface area contributed by atoms with Crippen LogP contribution in [0.1, 0.15) is 11.7 Å². The third-order valence-electron chi connectivity index (χ3n) is 2.00. The molecule has 5 nitrogen and oxygen atoms in total. The number of aliphatic hydroxyl groups is 2. The molecular weight excluding hydrogens is 210 g/mol. The summed E-state index contributed by atoms with van der Waals surface area (Å²) in [5.41, 5.74) is 0.651. The number of benzene rings is 1. The average Bonchev–Trinajstić information content (AvgIpc) is 2.29. The van der Waals surface area contributed by atoms with E-state index in [4.69, 9.17) is 9.84 Å². The zero-order valence-electron chi connectivity index (χ0n) is 9.01.